The van der Waals surface area contributed by atoms with Gasteiger partial charge in [0.25, 0.3) is 0 Å². The van der Waals surface area contributed by atoms with E-state index in [0.717, 1.165) is 24.3 Å². The summed E-state index contributed by atoms with van der Waals surface area (Å²) in [6.45, 7) is 1.82. The Bertz CT molecular complexity index is 493. The molecule has 20 heavy (non-hydrogen) atoms. The molecule has 1 aromatic rings. The van der Waals surface area contributed by atoms with Crippen molar-refractivity contribution < 1.29 is 9.18 Å². The average Bonchev–Trinajstić information content (AvgIpc) is 2.45. The second-order valence-corrected chi connectivity index (χ2v) is 6.33. The third-order valence-electron chi connectivity index (χ3n) is 4.79. The number of fused-ring (bicyclic) bond motifs is 1. The predicted molar refractivity (Wildman–Crippen MR) is 77.4 cm³/mol. The molecule has 2 nitrogen and oxygen atoms in total. The molecule has 3 unspecified atom stereocenters. The third-order valence-corrected chi connectivity index (χ3v) is 4.79. The van der Waals surface area contributed by atoms with Crippen LogP contribution in [0.15, 0.2) is 18.2 Å². The van der Waals surface area contributed by atoms with Gasteiger partial charge < -0.3 is 5.32 Å². The number of nitrogens with one attached hydrogen (secondary N) is 1. The zero-order chi connectivity index (χ0) is 14.1. The van der Waals surface area contributed by atoms with Gasteiger partial charge >= 0.3 is 0 Å². The normalized spacial score (nSPS) is 29.8. The fourth-order valence-corrected chi connectivity index (χ4v) is 3.78. The summed E-state index contributed by atoms with van der Waals surface area (Å²) in [6, 6.07) is 4.98. The van der Waals surface area contributed by atoms with Crippen molar-refractivity contribution in [2.24, 2.45) is 5.92 Å². The highest BCUT2D eigenvalue weighted by atomic mass is 19.1. The summed E-state index contributed by atoms with van der Waals surface area (Å²) >= 11 is 0. The maximum absolute atomic E-state index is 13.5. The number of halogens is 1. The monoisotopic (exact) mass is 275 g/mol. The highest BCUT2D eigenvalue weighted by molar-refractivity contribution is 6.00. The molecule has 1 aliphatic heterocycles. The molecular weight excluding hydrogens is 253 g/mol. The van der Waals surface area contributed by atoms with Crippen LogP contribution in [0.3, 0.4) is 0 Å². The van der Waals surface area contributed by atoms with Gasteiger partial charge in [-0.15, -0.1) is 0 Å². The molecule has 0 amide bonds. The van der Waals surface area contributed by atoms with E-state index in [-0.39, 0.29) is 17.6 Å². The minimum absolute atomic E-state index is 0.0524. The summed E-state index contributed by atoms with van der Waals surface area (Å²) in [5.41, 5.74) is 1.31. The summed E-state index contributed by atoms with van der Waals surface area (Å²) in [5, 5.41) is 3.52. The quantitative estimate of drug-likeness (QED) is 0.835. The highest BCUT2D eigenvalue weighted by Crippen LogP contribution is 2.33. The Morgan fingerprint density at radius 2 is 1.95 bits per heavy atom. The van der Waals surface area contributed by atoms with Gasteiger partial charge in [0.2, 0.25) is 0 Å². The molecule has 0 bridgehead atoms. The van der Waals surface area contributed by atoms with Crippen molar-refractivity contribution in [2.75, 3.05) is 0 Å². The molecule has 1 N–H and O–H groups in total. The van der Waals surface area contributed by atoms with Gasteiger partial charge in [-0.1, -0.05) is 12.8 Å². The van der Waals surface area contributed by atoms with Crippen molar-refractivity contribution in [3.8, 4) is 0 Å². The van der Waals surface area contributed by atoms with Crippen molar-refractivity contribution in [1.82, 2.24) is 5.32 Å². The Morgan fingerprint density at radius 1 is 1.15 bits per heavy atom. The van der Waals surface area contributed by atoms with Crippen LogP contribution < -0.4 is 5.32 Å². The lowest BCUT2D eigenvalue weighted by Crippen LogP contribution is -2.52. The van der Waals surface area contributed by atoms with E-state index < -0.39 is 0 Å². The number of Topliss-reactive ketones (excluding diaryl/α,β-unsaturated/α-hetero) is 1. The molecular formula is C17H22FNO. The maximum atomic E-state index is 13.5. The van der Waals surface area contributed by atoms with E-state index in [2.05, 4.69) is 5.32 Å². The Balaban J connectivity index is 1.74. The van der Waals surface area contributed by atoms with Crippen molar-refractivity contribution in [2.45, 2.75) is 57.5 Å². The van der Waals surface area contributed by atoms with Crippen molar-refractivity contribution in [3.05, 3.63) is 35.1 Å². The fraction of sp³-hybridized carbons (Fsp3) is 0.588. The molecule has 1 saturated heterocycles. The minimum atomic E-state index is -0.320. The molecule has 1 heterocycles. The summed E-state index contributed by atoms with van der Waals surface area (Å²) in [6.07, 6.45) is 7.06. The van der Waals surface area contributed by atoms with E-state index in [1.807, 2.05) is 6.92 Å². The molecule has 1 aliphatic carbocycles. The molecule has 3 atom stereocenters. The van der Waals surface area contributed by atoms with Crippen LogP contribution in [0, 0.1) is 18.7 Å². The summed E-state index contributed by atoms with van der Waals surface area (Å²) in [5.74, 6) is 0.471. The molecule has 108 valence electrons. The highest BCUT2D eigenvalue weighted by Gasteiger charge is 2.34. The second-order valence-electron chi connectivity index (χ2n) is 6.33. The van der Waals surface area contributed by atoms with Gasteiger partial charge in [-0.2, -0.15) is 0 Å². The Morgan fingerprint density at radius 3 is 2.75 bits per heavy atom. The zero-order valence-electron chi connectivity index (χ0n) is 12.0. The van der Waals surface area contributed by atoms with E-state index in [0.29, 0.717) is 11.6 Å². The first-order valence-corrected chi connectivity index (χ1v) is 7.71. The molecule has 3 rings (SSSR count). The summed E-state index contributed by atoms with van der Waals surface area (Å²) in [4.78, 5) is 12.5. The lowest BCUT2D eigenvalue weighted by atomic mass is 9.77. The van der Waals surface area contributed by atoms with Gasteiger partial charge in [0.15, 0.2) is 5.78 Å². The minimum Gasteiger partial charge on any atom is -0.304 e. The van der Waals surface area contributed by atoms with Crippen LogP contribution in [-0.2, 0) is 0 Å². The Labute approximate surface area is 119 Å². The number of benzene rings is 1. The standard InChI is InChI=1S/C17H22FNO/c1-11-8-13(10-14(18)9-11)17(20)16-7-6-12-4-2-3-5-15(12)19-16/h8-10,12,15-16,19H,2-7H2,1H3. The number of rotatable bonds is 2. The Hall–Kier alpha value is -1.22. The largest absolute Gasteiger partial charge is 0.304 e. The third kappa shape index (κ3) is 2.78. The molecule has 2 aliphatic rings. The van der Waals surface area contributed by atoms with Gasteiger partial charge in [-0.25, -0.2) is 4.39 Å². The summed E-state index contributed by atoms with van der Waals surface area (Å²) < 4.78 is 13.5. The smallest absolute Gasteiger partial charge is 0.179 e. The SMILES string of the molecule is Cc1cc(F)cc(C(=O)C2CCC3CCCCC3N2)c1. The number of ketones is 1. The molecule has 3 heteroatoms. The second kappa shape index (κ2) is 5.65. The fourth-order valence-electron chi connectivity index (χ4n) is 3.78. The maximum Gasteiger partial charge on any atom is 0.179 e. The lowest BCUT2D eigenvalue weighted by Gasteiger charge is -2.40. The van der Waals surface area contributed by atoms with Gasteiger partial charge in [0.1, 0.15) is 5.82 Å². The number of piperidine rings is 1. The van der Waals surface area contributed by atoms with Crippen LogP contribution in [0.1, 0.15) is 54.4 Å². The topological polar surface area (TPSA) is 29.1 Å². The van der Waals surface area contributed by atoms with E-state index in [9.17, 15) is 9.18 Å². The molecule has 2 fully saturated rings. The van der Waals surface area contributed by atoms with E-state index in [1.54, 1.807) is 6.07 Å². The lowest BCUT2D eigenvalue weighted by molar-refractivity contribution is 0.0861. The number of carbonyl (C=O) groups is 1. The first-order valence-electron chi connectivity index (χ1n) is 7.71. The van der Waals surface area contributed by atoms with Gasteiger partial charge in [0, 0.05) is 11.6 Å². The Kier molecular flexibility index (Phi) is 3.88. The van der Waals surface area contributed by atoms with Crippen LogP contribution in [0.25, 0.3) is 0 Å². The van der Waals surface area contributed by atoms with Crippen LogP contribution >= 0.6 is 0 Å². The van der Waals surface area contributed by atoms with Gasteiger partial charge in [-0.05, 0) is 62.3 Å². The van der Waals surface area contributed by atoms with Gasteiger partial charge in [-0.3, -0.25) is 4.79 Å². The van der Waals surface area contributed by atoms with Crippen LogP contribution in [-0.4, -0.2) is 17.9 Å². The van der Waals surface area contributed by atoms with E-state index in [1.165, 1.54) is 37.8 Å². The van der Waals surface area contributed by atoms with E-state index in [4.69, 9.17) is 0 Å². The first-order chi connectivity index (χ1) is 9.63. The number of hydrogen-bond donors (Lipinski definition) is 1. The predicted octanol–water partition coefficient (Wildman–Crippen LogP) is 3.63. The average molecular weight is 275 g/mol. The molecule has 0 aromatic heterocycles. The zero-order valence-corrected chi connectivity index (χ0v) is 12.0. The van der Waals surface area contributed by atoms with Gasteiger partial charge in [0.05, 0.1) is 6.04 Å². The van der Waals surface area contributed by atoms with Crippen molar-refractivity contribution >= 4 is 5.78 Å². The molecule has 1 saturated carbocycles. The van der Waals surface area contributed by atoms with Crippen LogP contribution in [0.5, 0.6) is 0 Å². The molecule has 0 radical (unpaired) electrons. The molecule has 1 aromatic carbocycles. The number of hydrogen-bond acceptors (Lipinski definition) is 2. The first kappa shape index (κ1) is 13.7. The number of carbonyl (C=O) groups excluding carboxylic acids is 1. The van der Waals surface area contributed by atoms with Crippen LogP contribution in [0.4, 0.5) is 4.39 Å². The van der Waals surface area contributed by atoms with Crippen LogP contribution in [0.2, 0.25) is 0 Å². The number of aryl methyl sites for hydroxylation is 1. The van der Waals surface area contributed by atoms with Crippen molar-refractivity contribution in [1.29, 1.82) is 0 Å². The summed E-state index contributed by atoms with van der Waals surface area (Å²) in [7, 11) is 0. The molecule has 0 spiro atoms. The van der Waals surface area contributed by atoms with Crippen molar-refractivity contribution in [3.63, 3.8) is 0 Å². The van der Waals surface area contributed by atoms with E-state index >= 15 is 0 Å².